The SMILES string of the molecule is CC(C)C(Sc1ccc(C(=O)N2CCCC2)cn1)C(=O)Nc1cccc2ncccc12. The van der Waals surface area contributed by atoms with Crippen molar-refractivity contribution in [2.24, 2.45) is 5.92 Å². The van der Waals surface area contributed by atoms with Gasteiger partial charge in [0.2, 0.25) is 5.91 Å². The third-order valence-corrected chi connectivity index (χ3v) is 6.89. The Morgan fingerprint density at radius 3 is 2.55 bits per heavy atom. The smallest absolute Gasteiger partial charge is 0.255 e. The number of anilines is 1. The molecule has 31 heavy (non-hydrogen) atoms. The summed E-state index contributed by atoms with van der Waals surface area (Å²) >= 11 is 1.42. The van der Waals surface area contributed by atoms with Gasteiger partial charge in [0.15, 0.2) is 0 Å². The van der Waals surface area contributed by atoms with Gasteiger partial charge in [0.05, 0.1) is 27.0 Å². The first-order chi connectivity index (χ1) is 15.0. The van der Waals surface area contributed by atoms with Crippen LogP contribution in [-0.2, 0) is 4.79 Å². The molecule has 2 amide bonds. The van der Waals surface area contributed by atoms with Gasteiger partial charge in [0.1, 0.15) is 0 Å². The summed E-state index contributed by atoms with van der Waals surface area (Å²) in [6.45, 7) is 5.67. The predicted octanol–water partition coefficient (Wildman–Crippen LogP) is 4.62. The maximum Gasteiger partial charge on any atom is 0.255 e. The Labute approximate surface area is 186 Å². The summed E-state index contributed by atoms with van der Waals surface area (Å²) in [6, 6.07) is 13.2. The largest absolute Gasteiger partial charge is 0.339 e. The number of hydrogen-bond acceptors (Lipinski definition) is 5. The molecule has 4 rings (SSSR count). The van der Waals surface area contributed by atoms with Gasteiger partial charge in [-0.05, 0) is 55.2 Å². The standard InChI is InChI=1S/C24H26N4O2S/c1-16(2)22(23(29)27-20-9-5-8-19-18(20)7-6-12-25-19)31-21-11-10-17(15-26-21)24(30)28-13-3-4-14-28/h5-12,15-16,22H,3-4,13-14H2,1-2H3,(H,27,29). The molecule has 1 aliphatic heterocycles. The summed E-state index contributed by atoms with van der Waals surface area (Å²) in [6.07, 6.45) is 5.48. The van der Waals surface area contributed by atoms with Gasteiger partial charge in [0, 0.05) is 30.9 Å². The highest BCUT2D eigenvalue weighted by Gasteiger charge is 2.25. The van der Waals surface area contributed by atoms with Crippen molar-refractivity contribution in [1.29, 1.82) is 0 Å². The maximum atomic E-state index is 13.1. The monoisotopic (exact) mass is 434 g/mol. The van der Waals surface area contributed by atoms with E-state index in [9.17, 15) is 9.59 Å². The second-order valence-electron chi connectivity index (χ2n) is 8.03. The molecule has 7 heteroatoms. The van der Waals surface area contributed by atoms with Crippen molar-refractivity contribution in [1.82, 2.24) is 14.9 Å². The topological polar surface area (TPSA) is 75.2 Å². The molecule has 1 N–H and O–H groups in total. The normalized spacial score (nSPS) is 14.7. The molecule has 0 bridgehead atoms. The molecule has 1 aliphatic rings. The Morgan fingerprint density at radius 2 is 1.84 bits per heavy atom. The molecule has 3 aromatic rings. The molecular formula is C24H26N4O2S. The summed E-state index contributed by atoms with van der Waals surface area (Å²) in [7, 11) is 0. The van der Waals surface area contributed by atoms with Crippen molar-refractivity contribution in [2.45, 2.75) is 37.0 Å². The molecule has 2 aromatic heterocycles. The minimum atomic E-state index is -0.320. The van der Waals surface area contributed by atoms with Gasteiger partial charge < -0.3 is 10.2 Å². The van der Waals surface area contributed by atoms with Gasteiger partial charge in [0.25, 0.3) is 5.91 Å². The average molecular weight is 435 g/mol. The number of carbonyl (C=O) groups is 2. The molecule has 1 aromatic carbocycles. The van der Waals surface area contributed by atoms with E-state index in [-0.39, 0.29) is 23.0 Å². The van der Waals surface area contributed by atoms with E-state index in [0.29, 0.717) is 5.56 Å². The van der Waals surface area contributed by atoms with Gasteiger partial charge in [-0.3, -0.25) is 14.6 Å². The van der Waals surface area contributed by atoms with E-state index >= 15 is 0 Å². The number of nitrogens with one attached hydrogen (secondary N) is 1. The Morgan fingerprint density at radius 1 is 1.03 bits per heavy atom. The van der Waals surface area contributed by atoms with Crippen molar-refractivity contribution in [2.75, 3.05) is 18.4 Å². The zero-order valence-electron chi connectivity index (χ0n) is 17.7. The van der Waals surface area contributed by atoms with Gasteiger partial charge in [-0.25, -0.2) is 4.98 Å². The van der Waals surface area contributed by atoms with Gasteiger partial charge in [-0.1, -0.05) is 31.7 Å². The number of aromatic nitrogens is 2. The Bertz CT molecular complexity index is 1070. The van der Waals surface area contributed by atoms with E-state index in [1.807, 2.05) is 61.2 Å². The van der Waals surface area contributed by atoms with E-state index in [4.69, 9.17) is 0 Å². The number of nitrogens with zero attached hydrogens (tertiary/aromatic N) is 3. The maximum absolute atomic E-state index is 13.1. The fourth-order valence-electron chi connectivity index (χ4n) is 3.72. The van der Waals surface area contributed by atoms with Gasteiger partial charge in [-0.2, -0.15) is 0 Å². The van der Waals surface area contributed by atoms with Crippen LogP contribution >= 0.6 is 11.8 Å². The lowest BCUT2D eigenvalue weighted by atomic mass is 10.1. The Hall–Kier alpha value is -2.93. The highest BCUT2D eigenvalue weighted by Crippen LogP contribution is 2.29. The first-order valence-electron chi connectivity index (χ1n) is 10.6. The lowest BCUT2D eigenvalue weighted by Gasteiger charge is -2.20. The highest BCUT2D eigenvalue weighted by molar-refractivity contribution is 8.00. The van der Waals surface area contributed by atoms with Crippen LogP contribution in [0.1, 0.15) is 37.0 Å². The summed E-state index contributed by atoms with van der Waals surface area (Å²) < 4.78 is 0. The lowest BCUT2D eigenvalue weighted by molar-refractivity contribution is -0.116. The van der Waals surface area contributed by atoms with Crippen LogP contribution in [0, 0.1) is 5.92 Å². The first kappa shape index (κ1) is 21.3. The fourth-order valence-corrected chi connectivity index (χ4v) is 4.68. The fraction of sp³-hybridized carbons (Fsp3) is 0.333. The summed E-state index contributed by atoms with van der Waals surface area (Å²) in [5.41, 5.74) is 2.19. The Balaban J connectivity index is 1.47. The van der Waals surface area contributed by atoms with E-state index in [0.717, 1.165) is 47.5 Å². The summed E-state index contributed by atoms with van der Waals surface area (Å²) in [5, 5.41) is 4.38. The van der Waals surface area contributed by atoms with E-state index in [2.05, 4.69) is 15.3 Å². The van der Waals surface area contributed by atoms with Gasteiger partial charge in [-0.15, -0.1) is 0 Å². The number of benzene rings is 1. The number of rotatable bonds is 6. The molecule has 1 unspecified atom stereocenters. The molecular weight excluding hydrogens is 408 g/mol. The van der Waals surface area contributed by atoms with Gasteiger partial charge >= 0.3 is 0 Å². The van der Waals surface area contributed by atoms with Crippen molar-refractivity contribution in [3.63, 3.8) is 0 Å². The molecule has 3 heterocycles. The molecule has 0 aliphatic carbocycles. The van der Waals surface area contributed by atoms with Crippen molar-refractivity contribution in [3.05, 3.63) is 60.4 Å². The minimum absolute atomic E-state index is 0.0317. The van der Waals surface area contributed by atoms with Crippen molar-refractivity contribution >= 4 is 40.2 Å². The third-order valence-electron chi connectivity index (χ3n) is 5.39. The van der Waals surface area contributed by atoms with Crippen molar-refractivity contribution < 1.29 is 9.59 Å². The molecule has 6 nitrogen and oxygen atoms in total. The predicted molar refractivity (Wildman–Crippen MR) is 124 cm³/mol. The molecule has 0 spiro atoms. The number of amides is 2. The van der Waals surface area contributed by atoms with Crippen LogP contribution in [0.25, 0.3) is 10.9 Å². The quantitative estimate of drug-likeness (QED) is 0.573. The third kappa shape index (κ3) is 4.88. The molecule has 1 saturated heterocycles. The summed E-state index contributed by atoms with van der Waals surface area (Å²) in [5.74, 6) is 0.0606. The lowest BCUT2D eigenvalue weighted by Crippen LogP contribution is -2.30. The second kappa shape index (κ2) is 9.47. The minimum Gasteiger partial charge on any atom is -0.339 e. The molecule has 0 radical (unpaired) electrons. The number of pyridine rings is 2. The number of carbonyl (C=O) groups excluding carboxylic acids is 2. The van der Waals surface area contributed by atoms with E-state index < -0.39 is 0 Å². The average Bonchev–Trinajstić information content (AvgIpc) is 3.32. The number of fused-ring (bicyclic) bond motifs is 1. The highest BCUT2D eigenvalue weighted by atomic mass is 32.2. The second-order valence-corrected chi connectivity index (χ2v) is 9.19. The molecule has 160 valence electrons. The molecule has 1 fully saturated rings. The van der Waals surface area contributed by atoms with Crippen LogP contribution in [0.4, 0.5) is 5.69 Å². The number of likely N-dealkylation sites (tertiary alicyclic amines) is 1. The number of thioether (sulfide) groups is 1. The Kier molecular flexibility index (Phi) is 6.51. The summed E-state index contributed by atoms with van der Waals surface area (Å²) in [4.78, 5) is 36.3. The van der Waals surface area contributed by atoms with E-state index in [1.54, 1.807) is 12.4 Å². The van der Waals surface area contributed by atoms with E-state index in [1.165, 1.54) is 11.8 Å². The zero-order chi connectivity index (χ0) is 21.8. The first-order valence-corrected chi connectivity index (χ1v) is 11.5. The van der Waals surface area contributed by atoms with Crippen LogP contribution in [0.3, 0.4) is 0 Å². The van der Waals surface area contributed by atoms with Crippen LogP contribution < -0.4 is 5.32 Å². The zero-order valence-corrected chi connectivity index (χ0v) is 18.6. The van der Waals surface area contributed by atoms with Crippen LogP contribution in [-0.4, -0.2) is 45.0 Å². The number of hydrogen-bond donors (Lipinski definition) is 1. The molecule has 0 saturated carbocycles. The van der Waals surface area contributed by atoms with Crippen LogP contribution in [0.5, 0.6) is 0 Å². The van der Waals surface area contributed by atoms with Crippen LogP contribution in [0.2, 0.25) is 0 Å². The molecule has 1 atom stereocenters. The van der Waals surface area contributed by atoms with Crippen LogP contribution in [0.15, 0.2) is 59.9 Å². The van der Waals surface area contributed by atoms with Crippen molar-refractivity contribution in [3.8, 4) is 0 Å².